The molecule has 0 radical (unpaired) electrons. The summed E-state index contributed by atoms with van der Waals surface area (Å²) in [6, 6.07) is 5.41. The smallest absolute Gasteiger partial charge is 0.346 e. The van der Waals surface area contributed by atoms with E-state index in [9.17, 15) is 9.59 Å². The van der Waals surface area contributed by atoms with Gasteiger partial charge in [0.1, 0.15) is 4.88 Å². The number of nitrogens with one attached hydrogen (secondary N) is 1. The van der Waals surface area contributed by atoms with Crippen LogP contribution in [0.2, 0.25) is 0 Å². The molecule has 0 aliphatic heterocycles. The summed E-state index contributed by atoms with van der Waals surface area (Å²) in [6.07, 6.45) is 4.36. The van der Waals surface area contributed by atoms with Crippen molar-refractivity contribution in [1.29, 1.82) is 0 Å². The maximum Gasteiger partial charge on any atom is 0.346 e. The molecule has 2 heterocycles. The summed E-state index contributed by atoms with van der Waals surface area (Å²) in [5.41, 5.74) is 1.70. The third-order valence-corrected chi connectivity index (χ3v) is 3.91. The lowest BCUT2D eigenvalue weighted by molar-refractivity contribution is -0.116. The van der Waals surface area contributed by atoms with Crippen molar-refractivity contribution in [2.45, 2.75) is 19.8 Å². The van der Waals surface area contributed by atoms with E-state index in [1.807, 2.05) is 12.1 Å². The van der Waals surface area contributed by atoms with Gasteiger partial charge in [-0.3, -0.25) is 9.78 Å². The zero-order valence-electron chi connectivity index (χ0n) is 10.9. The van der Waals surface area contributed by atoms with Gasteiger partial charge in [0.25, 0.3) is 0 Å². The van der Waals surface area contributed by atoms with E-state index in [0.29, 0.717) is 23.4 Å². The largest absolute Gasteiger partial charge is 0.477 e. The number of carboxylic acids is 1. The van der Waals surface area contributed by atoms with E-state index in [1.54, 1.807) is 25.4 Å². The van der Waals surface area contributed by atoms with Crippen LogP contribution >= 0.6 is 11.3 Å². The Hall–Kier alpha value is -2.21. The van der Waals surface area contributed by atoms with E-state index < -0.39 is 5.97 Å². The van der Waals surface area contributed by atoms with Gasteiger partial charge < -0.3 is 10.4 Å². The number of hydrogen-bond donors (Lipinski definition) is 2. The second-order valence-corrected chi connectivity index (χ2v) is 5.38. The molecule has 0 unspecified atom stereocenters. The summed E-state index contributed by atoms with van der Waals surface area (Å²) in [5.74, 6) is -1.09. The van der Waals surface area contributed by atoms with Gasteiger partial charge in [-0.05, 0) is 42.7 Å². The van der Waals surface area contributed by atoms with Crippen molar-refractivity contribution in [2.75, 3.05) is 5.32 Å². The molecule has 1 amide bonds. The predicted octanol–water partition coefficient (Wildman–Crippen LogP) is 2.72. The van der Waals surface area contributed by atoms with Crippen LogP contribution in [0.5, 0.6) is 0 Å². The highest BCUT2D eigenvalue weighted by Crippen LogP contribution is 2.26. The molecule has 0 aromatic carbocycles. The van der Waals surface area contributed by atoms with Crippen molar-refractivity contribution in [3.63, 3.8) is 0 Å². The fourth-order valence-electron chi connectivity index (χ4n) is 1.76. The maximum atomic E-state index is 11.8. The lowest BCUT2D eigenvalue weighted by Gasteiger charge is -2.02. The van der Waals surface area contributed by atoms with E-state index in [1.165, 1.54) is 0 Å². The molecule has 20 heavy (non-hydrogen) atoms. The summed E-state index contributed by atoms with van der Waals surface area (Å²) in [6.45, 7) is 1.71. The van der Waals surface area contributed by atoms with Crippen LogP contribution in [0.1, 0.15) is 27.2 Å². The highest BCUT2D eigenvalue weighted by molar-refractivity contribution is 7.18. The molecule has 0 saturated heterocycles. The lowest BCUT2D eigenvalue weighted by Crippen LogP contribution is -2.11. The second kappa shape index (κ2) is 6.29. The van der Waals surface area contributed by atoms with Crippen molar-refractivity contribution in [1.82, 2.24) is 4.98 Å². The van der Waals surface area contributed by atoms with Crippen LogP contribution in [-0.4, -0.2) is 22.0 Å². The number of amides is 1. The van der Waals surface area contributed by atoms with Gasteiger partial charge in [0.2, 0.25) is 5.91 Å². The minimum Gasteiger partial charge on any atom is -0.477 e. The fourth-order valence-corrected chi connectivity index (χ4v) is 2.69. The Bertz CT molecular complexity index is 623. The van der Waals surface area contributed by atoms with Crippen LogP contribution in [0.3, 0.4) is 0 Å². The number of hydrogen-bond acceptors (Lipinski definition) is 4. The van der Waals surface area contributed by atoms with Crippen LogP contribution in [0.25, 0.3) is 0 Å². The van der Waals surface area contributed by atoms with Crippen molar-refractivity contribution < 1.29 is 14.7 Å². The molecule has 0 fully saturated rings. The van der Waals surface area contributed by atoms with E-state index >= 15 is 0 Å². The highest BCUT2D eigenvalue weighted by Gasteiger charge is 2.13. The number of anilines is 1. The maximum absolute atomic E-state index is 11.8. The van der Waals surface area contributed by atoms with Gasteiger partial charge in [-0.25, -0.2) is 4.79 Å². The molecule has 5 nitrogen and oxygen atoms in total. The van der Waals surface area contributed by atoms with Crippen LogP contribution in [-0.2, 0) is 11.2 Å². The van der Waals surface area contributed by atoms with E-state index in [-0.39, 0.29) is 10.8 Å². The topological polar surface area (TPSA) is 79.3 Å². The molecular formula is C14H14N2O3S. The number of nitrogens with zero attached hydrogens (tertiary/aromatic N) is 1. The summed E-state index contributed by atoms with van der Waals surface area (Å²) in [7, 11) is 0. The molecule has 0 aliphatic rings. The van der Waals surface area contributed by atoms with Gasteiger partial charge in [-0.1, -0.05) is 0 Å². The molecule has 0 bridgehead atoms. The molecule has 0 atom stereocenters. The number of carbonyl (C=O) groups excluding carboxylic acids is 1. The molecule has 0 aliphatic carbocycles. The molecule has 2 aromatic rings. The fraction of sp³-hybridized carbons (Fsp3) is 0.214. The van der Waals surface area contributed by atoms with E-state index in [2.05, 4.69) is 10.3 Å². The Balaban J connectivity index is 1.92. The van der Waals surface area contributed by atoms with Crippen molar-refractivity contribution in [3.8, 4) is 0 Å². The van der Waals surface area contributed by atoms with Gasteiger partial charge in [0.05, 0.1) is 5.00 Å². The number of aryl methyl sites for hydroxylation is 2. The first-order chi connectivity index (χ1) is 9.56. The van der Waals surface area contributed by atoms with E-state index in [0.717, 1.165) is 16.9 Å². The number of pyridine rings is 1. The Morgan fingerprint density at radius 3 is 2.65 bits per heavy atom. The SMILES string of the molecule is Cc1cc(NC(=O)CCc2ccncc2)sc1C(=O)O. The summed E-state index contributed by atoms with van der Waals surface area (Å²) < 4.78 is 0. The monoisotopic (exact) mass is 290 g/mol. The second-order valence-electron chi connectivity index (χ2n) is 4.33. The minimum absolute atomic E-state index is 0.125. The molecule has 104 valence electrons. The van der Waals surface area contributed by atoms with Gasteiger partial charge in [-0.15, -0.1) is 11.3 Å². The Labute approximate surface area is 120 Å². The van der Waals surface area contributed by atoms with Crippen molar-refractivity contribution in [2.24, 2.45) is 0 Å². The quantitative estimate of drug-likeness (QED) is 0.887. The van der Waals surface area contributed by atoms with Crippen LogP contribution in [0.4, 0.5) is 5.00 Å². The van der Waals surface area contributed by atoms with Crippen LogP contribution in [0, 0.1) is 6.92 Å². The van der Waals surface area contributed by atoms with Crippen LogP contribution < -0.4 is 5.32 Å². The summed E-state index contributed by atoms with van der Waals surface area (Å²) >= 11 is 1.08. The van der Waals surface area contributed by atoms with E-state index in [4.69, 9.17) is 5.11 Å². The third kappa shape index (κ3) is 3.64. The average Bonchev–Trinajstić information content (AvgIpc) is 2.78. The first-order valence-corrected chi connectivity index (χ1v) is 6.90. The summed E-state index contributed by atoms with van der Waals surface area (Å²) in [4.78, 5) is 26.9. The van der Waals surface area contributed by atoms with Gasteiger partial charge >= 0.3 is 5.97 Å². The number of carboxylic acid groups (broad SMARTS) is 1. The van der Waals surface area contributed by atoms with Gasteiger partial charge in [-0.2, -0.15) is 0 Å². The number of carbonyl (C=O) groups is 2. The standard InChI is InChI=1S/C14H14N2O3S/c1-9-8-12(20-13(9)14(18)19)16-11(17)3-2-10-4-6-15-7-5-10/h4-8H,2-3H2,1H3,(H,16,17)(H,18,19). The van der Waals surface area contributed by atoms with Crippen molar-refractivity contribution in [3.05, 3.63) is 46.6 Å². The lowest BCUT2D eigenvalue weighted by atomic mass is 10.1. The summed E-state index contributed by atoms with van der Waals surface area (Å²) in [5, 5.41) is 12.3. The molecule has 6 heteroatoms. The number of aromatic nitrogens is 1. The highest BCUT2D eigenvalue weighted by atomic mass is 32.1. The number of thiophene rings is 1. The average molecular weight is 290 g/mol. The molecule has 2 aromatic heterocycles. The predicted molar refractivity (Wildman–Crippen MR) is 77.2 cm³/mol. The van der Waals surface area contributed by atoms with Crippen molar-refractivity contribution >= 4 is 28.2 Å². The number of aromatic carboxylic acids is 1. The third-order valence-electron chi connectivity index (χ3n) is 2.76. The molecular weight excluding hydrogens is 276 g/mol. The Morgan fingerprint density at radius 2 is 2.05 bits per heavy atom. The molecule has 2 rings (SSSR count). The zero-order chi connectivity index (χ0) is 14.5. The number of rotatable bonds is 5. The molecule has 0 spiro atoms. The molecule has 2 N–H and O–H groups in total. The van der Waals surface area contributed by atoms with Gasteiger partial charge in [0.15, 0.2) is 0 Å². The van der Waals surface area contributed by atoms with Crippen LogP contribution in [0.15, 0.2) is 30.6 Å². The normalized spacial score (nSPS) is 10.2. The zero-order valence-corrected chi connectivity index (χ0v) is 11.7. The Kier molecular flexibility index (Phi) is 4.47. The first-order valence-electron chi connectivity index (χ1n) is 6.08. The first kappa shape index (κ1) is 14.2. The Morgan fingerprint density at radius 1 is 1.35 bits per heavy atom. The van der Waals surface area contributed by atoms with Gasteiger partial charge in [0, 0.05) is 18.8 Å². The minimum atomic E-state index is -0.968. The molecule has 0 saturated carbocycles.